The zero-order valence-corrected chi connectivity index (χ0v) is 10.4. The van der Waals surface area contributed by atoms with Gasteiger partial charge in [0.05, 0.1) is 12.0 Å². The summed E-state index contributed by atoms with van der Waals surface area (Å²) in [6.45, 7) is 12.0. The molecular formula is C15H18O3. The summed E-state index contributed by atoms with van der Waals surface area (Å²) in [7, 11) is 0. The van der Waals surface area contributed by atoms with Gasteiger partial charge in [-0.15, -0.1) is 0 Å². The molecule has 5 unspecified atom stereocenters. The number of hydrogen-bond donors (Lipinski definition) is 1. The smallest absolute Gasteiger partial charge is 0.334 e. The molecule has 0 aromatic heterocycles. The largest absolute Gasteiger partial charge is 0.458 e. The van der Waals surface area contributed by atoms with Crippen LogP contribution in [-0.2, 0) is 9.53 Å². The normalized spacial score (nSPS) is 43.5. The first-order valence-corrected chi connectivity index (χ1v) is 6.44. The minimum atomic E-state index is -0.611. The van der Waals surface area contributed by atoms with Crippen LogP contribution in [0.25, 0.3) is 0 Å². The predicted octanol–water partition coefficient (Wildman–Crippen LogP) is 1.99. The number of aliphatic hydroxyl groups is 1. The molecule has 0 spiro atoms. The van der Waals surface area contributed by atoms with Crippen molar-refractivity contribution in [2.45, 2.75) is 31.5 Å². The highest BCUT2D eigenvalue weighted by molar-refractivity contribution is 5.91. The quantitative estimate of drug-likeness (QED) is 0.404. The minimum Gasteiger partial charge on any atom is -0.458 e. The van der Waals surface area contributed by atoms with Gasteiger partial charge in [-0.2, -0.15) is 0 Å². The summed E-state index contributed by atoms with van der Waals surface area (Å²) >= 11 is 0. The molecule has 1 saturated heterocycles. The summed E-state index contributed by atoms with van der Waals surface area (Å²) in [5.74, 6) is -0.252. The summed E-state index contributed by atoms with van der Waals surface area (Å²) in [5.41, 5.74) is 2.58. The molecule has 2 aliphatic carbocycles. The Labute approximate surface area is 107 Å². The molecule has 3 fully saturated rings. The van der Waals surface area contributed by atoms with Crippen molar-refractivity contribution in [3.63, 3.8) is 0 Å². The van der Waals surface area contributed by atoms with E-state index in [1.165, 1.54) is 0 Å². The van der Waals surface area contributed by atoms with E-state index in [1.54, 1.807) is 0 Å². The highest BCUT2D eigenvalue weighted by Gasteiger charge is 2.53. The third-order valence-electron chi connectivity index (χ3n) is 4.71. The number of fused-ring (bicyclic) bond motifs is 3. The molecule has 3 aliphatic rings. The standard InChI is InChI=1S/C15H18O3/c1-7-4-5-10-8(2)6-11(16)13-9(3)15(17)18-14(13)12(7)10/h10-14,16H,1-6H2. The highest BCUT2D eigenvalue weighted by Crippen LogP contribution is 2.51. The summed E-state index contributed by atoms with van der Waals surface area (Å²) < 4.78 is 5.46. The molecule has 2 saturated carbocycles. The van der Waals surface area contributed by atoms with Crippen LogP contribution in [0.2, 0.25) is 0 Å². The van der Waals surface area contributed by atoms with E-state index in [9.17, 15) is 9.90 Å². The van der Waals surface area contributed by atoms with E-state index in [-0.39, 0.29) is 23.9 Å². The average Bonchev–Trinajstić information content (AvgIpc) is 2.77. The third-order valence-corrected chi connectivity index (χ3v) is 4.71. The van der Waals surface area contributed by atoms with Gasteiger partial charge in [0.1, 0.15) is 6.10 Å². The topological polar surface area (TPSA) is 46.5 Å². The van der Waals surface area contributed by atoms with Crippen LogP contribution in [0.15, 0.2) is 36.5 Å². The van der Waals surface area contributed by atoms with Crippen LogP contribution < -0.4 is 0 Å². The summed E-state index contributed by atoms with van der Waals surface area (Å²) in [6, 6.07) is 0. The third kappa shape index (κ3) is 1.43. The van der Waals surface area contributed by atoms with Gasteiger partial charge in [0, 0.05) is 11.5 Å². The van der Waals surface area contributed by atoms with Crippen molar-refractivity contribution in [2.75, 3.05) is 0 Å². The van der Waals surface area contributed by atoms with Crippen LogP contribution in [0, 0.1) is 17.8 Å². The van der Waals surface area contributed by atoms with Gasteiger partial charge in [0.25, 0.3) is 0 Å². The van der Waals surface area contributed by atoms with Gasteiger partial charge >= 0.3 is 5.97 Å². The van der Waals surface area contributed by atoms with E-state index in [0.717, 1.165) is 24.0 Å². The number of carbonyl (C=O) groups is 1. The van der Waals surface area contributed by atoms with Gasteiger partial charge in [-0.05, 0) is 25.2 Å². The van der Waals surface area contributed by atoms with Gasteiger partial charge in [0.15, 0.2) is 0 Å². The number of hydrogen-bond acceptors (Lipinski definition) is 3. The lowest BCUT2D eigenvalue weighted by molar-refractivity contribution is -0.141. The lowest BCUT2D eigenvalue weighted by Crippen LogP contribution is -2.33. The van der Waals surface area contributed by atoms with Crippen LogP contribution in [0.3, 0.4) is 0 Å². The molecule has 5 atom stereocenters. The second kappa shape index (κ2) is 3.82. The molecule has 0 radical (unpaired) electrons. The van der Waals surface area contributed by atoms with E-state index >= 15 is 0 Å². The highest BCUT2D eigenvalue weighted by atomic mass is 16.6. The van der Waals surface area contributed by atoms with Crippen molar-refractivity contribution in [3.8, 4) is 0 Å². The SMILES string of the molecule is C=C1CC(O)C2C(=C)C(=O)OC2C2C(=C)CCC12. The van der Waals surface area contributed by atoms with E-state index < -0.39 is 6.10 Å². The molecule has 18 heavy (non-hydrogen) atoms. The lowest BCUT2D eigenvalue weighted by Gasteiger charge is -2.26. The van der Waals surface area contributed by atoms with E-state index in [2.05, 4.69) is 19.7 Å². The number of carbonyl (C=O) groups excluding carboxylic acids is 1. The monoisotopic (exact) mass is 246 g/mol. The number of esters is 1. The van der Waals surface area contributed by atoms with Crippen molar-refractivity contribution < 1.29 is 14.6 Å². The minimum absolute atomic E-state index is 0.114. The predicted molar refractivity (Wildman–Crippen MR) is 67.6 cm³/mol. The molecule has 3 heteroatoms. The van der Waals surface area contributed by atoms with Crippen LogP contribution in [0.1, 0.15) is 19.3 Å². The van der Waals surface area contributed by atoms with Gasteiger partial charge in [-0.25, -0.2) is 4.79 Å². The summed E-state index contributed by atoms with van der Waals surface area (Å²) in [6.07, 6.45) is 1.59. The average molecular weight is 246 g/mol. The van der Waals surface area contributed by atoms with Gasteiger partial charge in [-0.3, -0.25) is 0 Å². The Morgan fingerprint density at radius 3 is 2.61 bits per heavy atom. The van der Waals surface area contributed by atoms with Crippen LogP contribution >= 0.6 is 0 Å². The van der Waals surface area contributed by atoms with E-state index in [4.69, 9.17) is 4.74 Å². The molecule has 0 amide bonds. The van der Waals surface area contributed by atoms with E-state index in [1.807, 2.05) is 0 Å². The Balaban J connectivity index is 2.05. The molecule has 96 valence electrons. The van der Waals surface area contributed by atoms with Crippen molar-refractivity contribution in [1.29, 1.82) is 0 Å². The number of rotatable bonds is 0. The number of aliphatic hydroxyl groups excluding tert-OH is 1. The lowest BCUT2D eigenvalue weighted by atomic mass is 9.81. The maximum Gasteiger partial charge on any atom is 0.334 e. The zero-order chi connectivity index (χ0) is 13.0. The van der Waals surface area contributed by atoms with Crippen LogP contribution in [0.4, 0.5) is 0 Å². The molecule has 0 aromatic rings. The second-order valence-electron chi connectivity index (χ2n) is 5.68. The van der Waals surface area contributed by atoms with E-state index in [0.29, 0.717) is 17.9 Å². The van der Waals surface area contributed by atoms with Crippen LogP contribution in [-0.4, -0.2) is 23.3 Å². The first kappa shape index (κ1) is 11.7. The van der Waals surface area contributed by atoms with Crippen LogP contribution in [0.5, 0.6) is 0 Å². The molecule has 1 N–H and O–H groups in total. The molecular weight excluding hydrogens is 228 g/mol. The van der Waals surface area contributed by atoms with Crippen molar-refractivity contribution in [1.82, 2.24) is 0 Å². The Morgan fingerprint density at radius 2 is 1.89 bits per heavy atom. The Hall–Kier alpha value is -1.35. The molecule has 3 rings (SSSR count). The summed E-state index contributed by atoms with van der Waals surface area (Å²) in [4.78, 5) is 11.7. The molecule has 0 bridgehead atoms. The summed E-state index contributed by atoms with van der Waals surface area (Å²) in [5, 5.41) is 10.3. The van der Waals surface area contributed by atoms with Gasteiger partial charge in [-0.1, -0.05) is 30.9 Å². The maximum atomic E-state index is 11.7. The Bertz CT molecular complexity index is 462. The molecule has 1 aliphatic heterocycles. The zero-order valence-electron chi connectivity index (χ0n) is 10.4. The molecule has 1 heterocycles. The van der Waals surface area contributed by atoms with Crippen molar-refractivity contribution in [3.05, 3.63) is 36.5 Å². The second-order valence-corrected chi connectivity index (χ2v) is 5.68. The van der Waals surface area contributed by atoms with Crippen molar-refractivity contribution in [2.24, 2.45) is 17.8 Å². The van der Waals surface area contributed by atoms with Crippen molar-refractivity contribution >= 4 is 5.97 Å². The first-order chi connectivity index (χ1) is 8.50. The maximum absolute atomic E-state index is 11.7. The molecule has 0 aromatic carbocycles. The fourth-order valence-corrected chi connectivity index (χ4v) is 3.79. The first-order valence-electron chi connectivity index (χ1n) is 6.44. The Kier molecular flexibility index (Phi) is 2.49. The number of ether oxygens (including phenoxy) is 1. The fraction of sp³-hybridized carbons (Fsp3) is 0.533. The Morgan fingerprint density at radius 1 is 1.17 bits per heavy atom. The molecule has 3 nitrogen and oxygen atoms in total. The van der Waals surface area contributed by atoms with Gasteiger partial charge < -0.3 is 9.84 Å². The van der Waals surface area contributed by atoms with Gasteiger partial charge in [0.2, 0.25) is 0 Å². The fourth-order valence-electron chi connectivity index (χ4n) is 3.79.